The fraction of sp³-hybridized carbons (Fsp3) is 0.478. The van der Waals surface area contributed by atoms with E-state index in [0.29, 0.717) is 5.56 Å². The smallest absolute Gasteiger partial charge is 0.387 e. The third-order valence-corrected chi connectivity index (χ3v) is 9.44. The Kier molecular flexibility index (Phi) is 7.60. The van der Waals surface area contributed by atoms with Gasteiger partial charge < -0.3 is 4.74 Å². The van der Waals surface area contributed by atoms with Crippen LogP contribution in [0.4, 0.5) is 13.2 Å². The predicted molar refractivity (Wildman–Crippen MR) is 112 cm³/mol. The van der Waals surface area contributed by atoms with Crippen molar-refractivity contribution in [3.8, 4) is 16.9 Å². The monoisotopic (exact) mass is 406 g/mol. The molecule has 3 rings (SSSR count). The number of hydrogen-bond donors (Lipinski definition) is 0. The van der Waals surface area contributed by atoms with Gasteiger partial charge in [0.15, 0.2) is 11.6 Å². The molecule has 0 saturated carbocycles. The van der Waals surface area contributed by atoms with E-state index in [1.807, 2.05) is 30.3 Å². The molecule has 1 nitrogen and oxygen atoms in total. The van der Waals surface area contributed by atoms with E-state index in [9.17, 15) is 8.78 Å². The van der Waals surface area contributed by atoms with Crippen LogP contribution in [-0.4, -0.2) is 15.4 Å². The fourth-order valence-electron chi connectivity index (χ4n) is 4.45. The molecule has 152 valence electrons. The highest BCUT2D eigenvalue weighted by Crippen LogP contribution is 2.43. The Morgan fingerprint density at radius 2 is 1.75 bits per heavy atom. The van der Waals surface area contributed by atoms with E-state index >= 15 is 4.39 Å². The normalized spacial score (nSPS) is 19.8. The minimum absolute atomic E-state index is 0.0753. The first-order valence-electron chi connectivity index (χ1n) is 10.4. The van der Waals surface area contributed by atoms with Crippen molar-refractivity contribution in [1.82, 2.24) is 0 Å². The molecule has 1 aliphatic heterocycles. The summed E-state index contributed by atoms with van der Waals surface area (Å²) in [4.78, 5) is 0. The van der Waals surface area contributed by atoms with Gasteiger partial charge in [-0.25, -0.2) is 4.39 Å². The van der Waals surface area contributed by atoms with Crippen LogP contribution < -0.4 is 4.74 Å². The molecule has 28 heavy (non-hydrogen) atoms. The Balaban J connectivity index is 1.85. The first kappa shape index (κ1) is 21.0. The standard InChI is InChI=1S/C23H29F3OSi/c1-2-3-7-14-28-15-12-18(13-16-28)21-19(17-8-5-4-6-9-17)10-11-20(22(21)24)27-23(25)26/h4-6,8-11,18,23,28H,2-3,7,12-16H2,1H3. The molecule has 0 N–H and O–H groups in total. The lowest BCUT2D eigenvalue weighted by Crippen LogP contribution is -2.21. The number of ether oxygens (including phenoxy) is 1. The highest BCUT2D eigenvalue weighted by molar-refractivity contribution is 6.59. The average molecular weight is 407 g/mol. The molecule has 2 aromatic rings. The number of unbranched alkanes of at least 4 members (excludes halogenated alkanes) is 2. The Labute approximate surface area is 167 Å². The number of benzene rings is 2. The molecule has 1 saturated heterocycles. The number of hydrogen-bond acceptors (Lipinski definition) is 1. The molecule has 0 bridgehead atoms. The lowest BCUT2D eigenvalue weighted by molar-refractivity contribution is -0.0522. The molecule has 0 spiro atoms. The van der Waals surface area contributed by atoms with Crippen LogP contribution in [0.3, 0.4) is 0 Å². The van der Waals surface area contributed by atoms with Crippen molar-refractivity contribution in [2.45, 2.75) is 69.7 Å². The van der Waals surface area contributed by atoms with Crippen molar-refractivity contribution in [1.29, 1.82) is 0 Å². The third kappa shape index (κ3) is 5.19. The van der Waals surface area contributed by atoms with Gasteiger partial charge >= 0.3 is 6.61 Å². The lowest BCUT2D eigenvalue weighted by atomic mass is 9.86. The van der Waals surface area contributed by atoms with Crippen molar-refractivity contribution in [2.24, 2.45) is 0 Å². The zero-order chi connectivity index (χ0) is 19.9. The van der Waals surface area contributed by atoms with Crippen molar-refractivity contribution >= 4 is 8.80 Å². The molecule has 1 heterocycles. The van der Waals surface area contributed by atoms with E-state index in [0.717, 1.165) is 24.0 Å². The van der Waals surface area contributed by atoms with Crippen LogP contribution in [0.2, 0.25) is 18.1 Å². The highest BCUT2D eigenvalue weighted by atomic mass is 28.3. The molecule has 0 aliphatic carbocycles. The largest absolute Gasteiger partial charge is 0.432 e. The lowest BCUT2D eigenvalue weighted by Gasteiger charge is -2.30. The molecule has 0 unspecified atom stereocenters. The zero-order valence-electron chi connectivity index (χ0n) is 16.5. The van der Waals surface area contributed by atoms with Crippen LogP contribution in [0.25, 0.3) is 11.1 Å². The summed E-state index contributed by atoms with van der Waals surface area (Å²) in [5.41, 5.74) is 2.28. The van der Waals surface area contributed by atoms with Crippen molar-refractivity contribution in [3.63, 3.8) is 0 Å². The van der Waals surface area contributed by atoms with Crippen molar-refractivity contribution in [3.05, 3.63) is 53.8 Å². The first-order chi connectivity index (χ1) is 13.6. The molecule has 0 atom stereocenters. The summed E-state index contributed by atoms with van der Waals surface area (Å²) in [6, 6.07) is 16.5. The molecule has 1 fully saturated rings. The van der Waals surface area contributed by atoms with Gasteiger partial charge in [-0.3, -0.25) is 0 Å². The molecular formula is C23H29F3OSi. The highest BCUT2D eigenvalue weighted by Gasteiger charge is 2.29. The quantitative estimate of drug-likeness (QED) is 0.328. The van der Waals surface area contributed by atoms with Gasteiger partial charge in [0.05, 0.1) is 0 Å². The Bertz CT molecular complexity index is 743. The van der Waals surface area contributed by atoms with E-state index in [4.69, 9.17) is 0 Å². The molecule has 0 aromatic heterocycles. The van der Waals surface area contributed by atoms with E-state index in [1.54, 1.807) is 6.07 Å². The van der Waals surface area contributed by atoms with Gasteiger partial charge in [-0.1, -0.05) is 80.7 Å². The number of halogens is 3. The fourth-order valence-corrected chi connectivity index (χ4v) is 7.93. The topological polar surface area (TPSA) is 9.23 Å². The van der Waals surface area contributed by atoms with E-state index in [1.165, 1.54) is 43.5 Å². The molecular weight excluding hydrogens is 377 g/mol. The van der Waals surface area contributed by atoms with Gasteiger partial charge in [0.2, 0.25) is 0 Å². The first-order valence-corrected chi connectivity index (χ1v) is 12.9. The Morgan fingerprint density at radius 1 is 1.04 bits per heavy atom. The van der Waals surface area contributed by atoms with E-state index in [2.05, 4.69) is 11.7 Å². The van der Waals surface area contributed by atoms with E-state index in [-0.39, 0.29) is 11.7 Å². The summed E-state index contributed by atoms with van der Waals surface area (Å²) < 4.78 is 45.1. The van der Waals surface area contributed by atoms with Crippen molar-refractivity contribution in [2.75, 3.05) is 0 Å². The van der Waals surface area contributed by atoms with Gasteiger partial charge in [0, 0.05) is 14.4 Å². The predicted octanol–water partition coefficient (Wildman–Crippen LogP) is 7.39. The number of alkyl halides is 2. The molecule has 0 radical (unpaired) electrons. The van der Waals surface area contributed by atoms with E-state index < -0.39 is 21.2 Å². The van der Waals surface area contributed by atoms with Crippen LogP contribution in [0, 0.1) is 5.82 Å². The summed E-state index contributed by atoms with van der Waals surface area (Å²) in [5, 5.41) is 0. The zero-order valence-corrected chi connectivity index (χ0v) is 17.6. The maximum absolute atomic E-state index is 15.3. The summed E-state index contributed by atoms with van der Waals surface area (Å²) >= 11 is 0. The van der Waals surface area contributed by atoms with Crippen LogP contribution in [0.15, 0.2) is 42.5 Å². The summed E-state index contributed by atoms with van der Waals surface area (Å²) in [7, 11) is -0.734. The SMILES string of the molecule is CCCCC[SiH]1CCC(c2c(-c3ccccc3)ccc(OC(F)F)c2F)CC1. The average Bonchev–Trinajstić information content (AvgIpc) is 2.71. The van der Waals surface area contributed by atoms with Gasteiger partial charge in [0.25, 0.3) is 0 Å². The van der Waals surface area contributed by atoms with Crippen LogP contribution in [0.5, 0.6) is 5.75 Å². The second-order valence-electron chi connectivity index (χ2n) is 7.80. The molecule has 2 aromatic carbocycles. The van der Waals surface area contributed by atoms with Gasteiger partial charge in [-0.2, -0.15) is 8.78 Å². The van der Waals surface area contributed by atoms with Crippen LogP contribution in [-0.2, 0) is 0 Å². The number of rotatable bonds is 8. The molecule has 1 aliphatic rings. The second-order valence-corrected chi connectivity index (χ2v) is 11.3. The minimum atomic E-state index is -3.02. The summed E-state index contributed by atoms with van der Waals surface area (Å²) in [5.74, 6) is -0.879. The van der Waals surface area contributed by atoms with Gasteiger partial charge in [-0.05, 0) is 36.0 Å². The third-order valence-electron chi connectivity index (χ3n) is 5.92. The van der Waals surface area contributed by atoms with Gasteiger partial charge in [0.1, 0.15) is 0 Å². The van der Waals surface area contributed by atoms with Crippen LogP contribution >= 0.6 is 0 Å². The summed E-state index contributed by atoms with van der Waals surface area (Å²) in [6.45, 7) is -0.799. The molecule has 5 heteroatoms. The Morgan fingerprint density at radius 3 is 2.39 bits per heavy atom. The minimum Gasteiger partial charge on any atom is -0.432 e. The molecule has 0 amide bonds. The second kappa shape index (κ2) is 10.1. The van der Waals surface area contributed by atoms with Gasteiger partial charge in [-0.15, -0.1) is 0 Å². The van der Waals surface area contributed by atoms with Crippen molar-refractivity contribution < 1.29 is 17.9 Å². The summed E-state index contributed by atoms with van der Waals surface area (Å²) in [6.07, 6.45) is 5.77. The maximum Gasteiger partial charge on any atom is 0.387 e. The maximum atomic E-state index is 15.3. The Hall–Kier alpha value is -1.75. The van der Waals surface area contributed by atoms with Crippen LogP contribution in [0.1, 0.15) is 50.5 Å².